The molecule has 0 bridgehead atoms. The van der Waals surface area contributed by atoms with E-state index >= 15 is 0 Å². The number of carbonyl (C=O) groups is 2. The lowest BCUT2D eigenvalue weighted by atomic mass is 10.0. The Hall–Kier alpha value is -3.14. The Kier molecular flexibility index (Phi) is 10.7. The molecule has 0 aromatic heterocycles. The quantitative estimate of drug-likeness (QED) is 0.318. The Morgan fingerprint density at radius 2 is 1.67 bits per heavy atom. The SMILES string of the molecule is CNC(=O)C(Cc1ccccc1)N(Cc1ccc(Cl)cc1Cl)C(=O)CCCN(c1ccc(F)cc1)S(C)(=O)=O. The standard InChI is InChI=1S/C28H30Cl2FN3O4S/c1-32-28(36)26(17-20-7-4-3-5-8-20)33(19-21-10-11-22(29)18-25(21)30)27(35)9-6-16-34(39(2,37)38)24-14-12-23(31)13-15-24/h3-5,7-8,10-15,18,26H,6,9,16-17,19H2,1-2H3,(H,32,36). The molecule has 0 fully saturated rings. The molecule has 0 aliphatic carbocycles. The smallest absolute Gasteiger partial charge is 0.242 e. The van der Waals surface area contributed by atoms with Gasteiger partial charge in [0.1, 0.15) is 11.9 Å². The van der Waals surface area contributed by atoms with Gasteiger partial charge in [0.05, 0.1) is 11.9 Å². The molecule has 39 heavy (non-hydrogen) atoms. The summed E-state index contributed by atoms with van der Waals surface area (Å²) in [6, 6.07) is 18.5. The number of hydrogen-bond donors (Lipinski definition) is 1. The molecule has 1 unspecified atom stereocenters. The summed E-state index contributed by atoms with van der Waals surface area (Å²) in [7, 11) is -2.18. The first-order chi connectivity index (χ1) is 18.5. The van der Waals surface area contributed by atoms with Gasteiger partial charge in [0.2, 0.25) is 21.8 Å². The molecule has 0 aliphatic rings. The zero-order chi connectivity index (χ0) is 28.6. The van der Waals surface area contributed by atoms with Gasteiger partial charge in [-0.3, -0.25) is 13.9 Å². The van der Waals surface area contributed by atoms with Gasteiger partial charge in [0, 0.05) is 43.0 Å². The van der Waals surface area contributed by atoms with Gasteiger partial charge in [0.25, 0.3) is 0 Å². The number of likely N-dealkylation sites (N-methyl/N-ethyl adjacent to an activating group) is 1. The topological polar surface area (TPSA) is 86.8 Å². The Bertz CT molecular complexity index is 1390. The number of nitrogens with one attached hydrogen (secondary N) is 1. The first-order valence-corrected chi connectivity index (χ1v) is 14.8. The van der Waals surface area contributed by atoms with E-state index < -0.39 is 21.9 Å². The molecule has 1 atom stereocenters. The fourth-order valence-corrected chi connectivity index (χ4v) is 5.60. The first-order valence-electron chi connectivity index (χ1n) is 12.2. The largest absolute Gasteiger partial charge is 0.357 e. The summed E-state index contributed by atoms with van der Waals surface area (Å²) in [5.74, 6) is -1.18. The maximum Gasteiger partial charge on any atom is 0.242 e. The molecule has 0 aliphatic heterocycles. The van der Waals surface area contributed by atoms with Crippen molar-refractivity contribution in [3.8, 4) is 0 Å². The van der Waals surface area contributed by atoms with Crippen LogP contribution in [0.2, 0.25) is 10.0 Å². The molecule has 0 saturated heterocycles. The van der Waals surface area contributed by atoms with Crippen molar-refractivity contribution in [1.82, 2.24) is 10.2 Å². The Morgan fingerprint density at radius 1 is 1.00 bits per heavy atom. The third kappa shape index (κ3) is 8.68. The molecule has 11 heteroatoms. The maximum atomic E-state index is 13.6. The minimum atomic E-state index is -3.69. The second-order valence-electron chi connectivity index (χ2n) is 8.99. The van der Waals surface area contributed by atoms with Crippen LogP contribution in [0.15, 0.2) is 72.8 Å². The molecule has 0 spiro atoms. The molecule has 3 aromatic carbocycles. The van der Waals surface area contributed by atoms with Crippen molar-refractivity contribution in [2.75, 3.05) is 24.2 Å². The van der Waals surface area contributed by atoms with E-state index in [4.69, 9.17) is 23.2 Å². The Labute approximate surface area is 238 Å². The van der Waals surface area contributed by atoms with Crippen LogP contribution >= 0.6 is 23.2 Å². The second-order valence-corrected chi connectivity index (χ2v) is 11.7. The molecule has 3 aromatic rings. The predicted octanol–water partition coefficient (Wildman–Crippen LogP) is 5.06. The zero-order valence-electron chi connectivity index (χ0n) is 21.6. The highest BCUT2D eigenvalue weighted by atomic mass is 35.5. The number of nitrogens with zero attached hydrogens (tertiary/aromatic N) is 2. The van der Waals surface area contributed by atoms with Crippen molar-refractivity contribution in [3.05, 3.63) is 99.8 Å². The normalized spacial score (nSPS) is 12.0. The van der Waals surface area contributed by atoms with Crippen molar-refractivity contribution >= 4 is 50.7 Å². The molecule has 0 saturated carbocycles. The van der Waals surface area contributed by atoms with Gasteiger partial charge in [-0.05, 0) is 53.9 Å². The molecule has 0 heterocycles. The van der Waals surface area contributed by atoms with Crippen LogP contribution in [0.3, 0.4) is 0 Å². The number of anilines is 1. The van der Waals surface area contributed by atoms with Crippen molar-refractivity contribution in [3.63, 3.8) is 0 Å². The summed E-state index contributed by atoms with van der Waals surface area (Å²) >= 11 is 12.5. The van der Waals surface area contributed by atoms with E-state index in [2.05, 4.69) is 5.32 Å². The van der Waals surface area contributed by atoms with Crippen LogP contribution in [0.25, 0.3) is 0 Å². The Balaban J connectivity index is 1.86. The highest BCUT2D eigenvalue weighted by Gasteiger charge is 2.30. The van der Waals surface area contributed by atoms with Gasteiger partial charge < -0.3 is 10.2 Å². The fraction of sp³-hybridized carbons (Fsp3) is 0.286. The summed E-state index contributed by atoms with van der Waals surface area (Å²) < 4.78 is 39.4. The van der Waals surface area contributed by atoms with Crippen LogP contribution in [-0.4, -0.2) is 51.0 Å². The van der Waals surface area contributed by atoms with Crippen LogP contribution < -0.4 is 9.62 Å². The van der Waals surface area contributed by atoms with Crippen molar-refractivity contribution in [1.29, 1.82) is 0 Å². The molecular weight excluding hydrogens is 564 g/mol. The van der Waals surface area contributed by atoms with Crippen LogP contribution in [-0.2, 0) is 32.6 Å². The van der Waals surface area contributed by atoms with E-state index in [1.54, 1.807) is 18.2 Å². The Morgan fingerprint density at radius 3 is 2.26 bits per heavy atom. The van der Waals surface area contributed by atoms with Gasteiger partial charge in [-0.15, -0.1) is 0 Å². The minimum absolute atomic E-state index is 0.00489. The van der Waals surface area contributed by atoms with E-state index in [9.17, 15) is 22.4 Å². The fourth-order valence-electron chi connectivity index (χ4n) is 4.17. The summed E-state index contributed by atoms with van der Waals surface area (Å²) in [6.07, 6.45) is 1.44. The van der Waals surface area contributed by atoms with E-state index in [-0.39, 0.29) is 44.2 Å². The van der Waals surface area contributed by atoms with E-state index in [1.165, 1.54) is 36.2 Å². The lowest BCUT2D eigenvalue weighted by molar-refractivity contribution is -0.141. The average molecular weight is 595 g/mol. The van der Waals surface area contributed by atoms with E-state index in [0.29, 0.717) is 21.3 Å². The summed E-state index contributed by atoms with van der Waals surface area (Å²) in [6.45, 7) is 0.0442. The van der Waals surface area contributed by atoms with E-state index in [1.807, 2.05) is 30.3 Å². The van der Waals surface area contributed by atoms with Gasteiger partial charge >= 0.3 is 0 Å². The zero-order valence-corrected chi connectivity index (χ0v) is 23.9. The van der Waals surface area contributed by atoms with Crippen LogP contribution in [0.1, 0.15) is 24.0 Å². The first kappa shape index (κ1) is 30.4. The second kappa shape index (κ2) is 13.8. The molecule has 1 N–H and O–H groups in total. The molecule has 3 rings (SSSR count). The van der Waals surface area contributed by atoms with Crippen LogP contribution in [0.4, 0.5) is 10.1 Å². The van der Waals surface area contributed by atoms with Gasteiger partial charge in [-0.25, -0.2) is 12.8 Å². The number of benzene rings is 3. The third-order valence-electron chi connectivity index (χ3n) is 6.14. The number of amides is 2. The van der Waals surface area contributed by atoms with Crippen molar-refractivity contribution in [2.45, 2.75) is 31.8 Å². The lowest BCUT2D eigenvalue weighted by Crippen LogP contribution is -2.49. The highest BCUT2D eigenvalue weighted by molar-refractivity contribution is 7.92. The summed E-state index contributed by atoms with van der Waals surface area (Å²) in [5.41, 5.74) is 1.77. The van der Waals surface area contributed by atoms with Gasteiger partial charge in [0.15, 0.2) is 0 Å². The van der Waals surface area contributed by atoms with Crippen molar-refractivity contribution in [2.24, 2.45) is 0 Å². The number of carbonyl (C=O) groups excluding carboxylic acids is 2. The number of rotatable bonds is 12. The number of sulfonamides is 1. The summed E-state index contributed by atoms with van der Waals surface area (Å²) in [4.78, 5) is 28.2. The average Bonchev–Trinajstić information content (AvgIpc) is 2.89. The molecule has 208 valence electrons. The predicted molar refractivity (Wildman–Crippen MR) is 153 cm³/mol. The van der Waals surface area contributed by atoms with Gasteiger partial charge in [-0.2, -0.15) is 0 Å². The summed E-state index contributed by atoms with van der Waals surface area (Å²) in [5, 5.41) is 3.44. The number of halogens is 3. The van der Waals surface area contributed by atoms with Crippen LogP contribution in [0, 0.1) is 5.82 Å². The highest BCUT2D eigenvalue weighted by Crippen LogP contribution is 2.25. The monoisotopic (exact) mass is 593 g/mol. The molecule has 2 amide bonds. The molecular formula is C28H30Cl2FN3O4S. The van der Waals surface area contributed by atoms with Crippen LogP contribution in [0.5, 0.6) is 0 Å². The van der Waals surface area contributed by atoms with Gasteiger partial charge in [-0.1, -0.05) is 59.6 Å². The molecule has 0 radical (unpaired) electrons. The number of hydrogen-bond acceptors (Lipinski definition) is 4. The molecule has 7 nitrogen and oxygen atoms in total. The van der Waals surface area contributed by atoms with Crippen molar-refractivity contribution < 1.29 is 22.4 Å². The minimum Gasteiger partial charge on any atom is -0.357 e. The van der Waals surface area contributed by atoms with E-state index in [0.717, 1.165) is 16.1 Å². The maximum absolute atomic E-state index is 13.6. The lowest BCUT2D eigenvalue weighted by Gasteiger charge is -2.32. The third-order valence-corrected chi connectivity index (χ3v) is 7.92.